The topological polar surface area (TPSA) is 95.5 Å². The Kier molecular flexibility index (Phi) is 15.5. The molecule has 0 radical (unpaired) electrons. The Morgan fingerprint density at radius 1 is 0.684 bits per heavy atom. The van der Waals surface area contributed by atoms with Crippen molar-refractivity contribution >= 4 is 29.2 Å². The number of nitrogens with one attached hydrogen (secondary N) is 2. The minimum Gasteiger partial charge on any atom is -0.481 e. The van der Waals surface area contributed by atoms with Crippen LogP contribution in [0.3, 0.4) is 0 Å². The van der Waals surface area contributed by atoms with Gasteiger partial charge in [0.2, 0.25) is 11.8 Å². The van der Waals surface area contributed by atoms with Crippen molar-refractivity contribution in [2.75, 3.05) is 10.6 Å². The van der Waals surface area contributed by atoms with Crippen LogP contribution in [0.4, 0.5) is 11.4 Å². The Morgan fingerprint density at radius 2 is 1.21 bits per heavy atom. The van der Waals surface area contributed by atoms with E-state index in [0.29, 0.717) is 17.8 Å². The van der Waals surface area contributed by atoms with Gasteiger partial charge >= 0.3 is 5.97 Å². The van der Waals surface area contributed by atoms with Crippen LogP contribution in [-0.2, 0) is 20.8 Å². The first kappa shape index (κ1) is 31.1. The second kappa shape index (κ2) is 19.0. The van der Waals surface area contributed by atoms with Crippen molar-refractivity contribution in [1.82, 2.24) is 0 Å². The van der Waals surface area contributed by atoms with Crippen LogP contribution in [0, 0.1) is 5.92 Å². The van der Waals surface area contributed by atoms with Crippen molar-refractivity contribution in [1.29, 1.82) is 0 Å². The quantitative estimate of drug-likeness (QED) is 0.121. The van der Waals surface area contributed by atoms with E-state index >= 15 is 0 Å². The molecule has 0 aliphatic carbocycles. The van der Waals surface area contributed by atoms with E-state index < -0.39 is 17.8 Å². The number of hydrogen-bond acceptors (Lipinski definition) is 3. The molecule has 2 amide bonds. The predicted octanol–water partition coefficient (Wildman–Crippen LogP) is 7.99. The number of amides is 2. The summed E-state index contributed by atoms with van der Waals surface area (Å²) in [5, 5.41) is 15.1. The molecule has 0 fully saturated rings. The maximum Gasteiger partial charge on any atom is 0.316 e. The lowest BCUT2D eigenvalue weighted by Crippen LogP contribution is -2.31. The van der Waals surface area contributed by atoms with Crippen molar-refractivity contribution in [3.8, 4) is 0 Å². The minimum atomic E-state index is -1.20. The Labute approximate surface area is 228 Å². The summed E-state index contributed by atoms with van der Waals surface area (Å²) in [6.45, 7) is 2.25. The molecular weight excluding hydrogens is 476 g/mol. The first-order valence-electron chi connectivity index (χ1n) is 14.5. The SMILES string of the molecule is CCCCCCCCCCCCCCCC(=O)Nc1cccc(NC(=O)C(Cc2ccccc2)C(=O)O)c1. The molecular formula is C32H46N2O4. The van der Waals surface area contributed by atoms with Gasteiger partial charge in [-0.15, -0.1) is 0 Å². The summed E-state index contributed by atoms with van der Waals surface area (Å²) in [7, 11) is 0. The maximum atomic E-state index is 12.7. The average Bonchev–Trinajstić information content (AvgIpc) is 2.90. The van der Waals surface area contributed by atoms with E-state index in [1.54, 1.807) is 36.4 Å². The number of carbonyl (C=O) groups excluding carboxylic acids is 2. The zero-order valence-corrected chi connectivity index (χ0v) is 23.1. The van der Waals surface area contributed by atoms with E-state index in [1.807, 2.05) is 18.2 Å². The van der Waals surface area contributed by atoms with Crippen LogP contribution in [0.25, 0.3) is 0 Å². The van der Waals surface area contributed by atoms with Crippen molar-refractivity contribution in [2.24, 2.45) is 5.92 Å². The smallest absolute Gasteiger partial charge is 0.316 e. The molecule has 0 spiro atoms. The fourth-order valence-electron chi connectivity index (χ4n) is 4.57. The molecule has 0 saturated carbocycles. The molecule has 0 aromatic heterocycles. The fourth-order valence-corrected chi connectivity index (χ4v) is 4.57. The van der Waals surface area contributed by atoms with Gasteiger partial charge in [-0.05, 0) is 36.6 Å². The van der Waals surface area contributed by atoms with E-state index in [1.165, 1.54) is 70.6 Å². The number of carbonyl (C=O) groups is 3. The normalized spacial score (nSPS) is 11.6. The number of carboxylic acid groups (broad SMARTS) is 1. The summed E-state index contributed by atoms with van der Waals surface area (Å²) in [6.07, 6.45) is 17.0. The highest BCUT2D eigenvalue weighted by Gasteiger charge is 2.26. The highest BCUT2D eigenvalue weighted by atomic mass is 16.4. The molecule has 0 saturated heterocycles. The van der Waals surface area contributed by atoms with Gasteiger partial charge in [0.25, 0.3) is 0 Å². The lowest BCUT2D eigenvalue weighted by Gasteiger charge is -2.14. The van der Waals surface area contributed by atoms with Crippen LogP contribution in [0.2, 0.25) is 0 Å². The molecule has 0 aliphatic heterocycles. The second-order valence-electron chi connectivity index (χ2n) is 10.2. The Balaban J connectivity index is 1.63. The number of hydrogen-bond donors (Lipinski definition) is 3. The summed E-state index contributed by atoms with van der Waals surface area (Å²) in [6, 6.07) is 15.9. The van der Waals surface area contributed by atoms with Crippen LogP contribution in [0.1, 0.15) is 102 Å². The van der Waals surface area contributed by atoms with E-state index in [-0.39, 0.29) is 12.3 Å². The highest BCUT2D eigenvalue weighted by molar-refractivity contribution is 6.04. The molecule has 0 heterocycles. The maximum absolute atomic E-state index is 12.7. The van der Waals surface area contributed by atoms with Gasteiger partial charge in [-0.25, -0.2) is 0 Å². The van der Waals surface area contributed by atoms with E-state index in [9.17, 15) is 19.5 Å². The van der Waals surface area contributed by atoms with Crippen molar-refractivity contribution < 1.29 is 19.5 Å². The number of rotatable bonds is 20. The molecule has 2 aromatic rings. The van der Waals surface area contributed by atoms with E-state index in [0.717, 1.165) is 18.4 Å². The van der Waals surface area contributed by atoms with Crippen molar-refractivity contribution in [2.45, 2.75) is 103 Å². The summed E-state index contributed by atoms with van der Waals surface area (Å²) in [5.41, 5.74) is 1.81. The standard InChI is InChI=1S/C32H46N2O4/c1-2-3-4-5-6-7-8-9-10-11-12-13-17-23-30(35)33-27-21-18-22-28(25-27)34-31(36)29(32(37)38)24-26-19-15-14-16-20-26/h14-16,18-22,25,29H,2-13,17,23-24H2,1H3,(H,33,35)(H,34,36)(H,37,38). The molecule has 38 heavy (non-hydrogen) atoms. The molecule has 0 bridgehead atoms. The molecule has 2 rings (SSSR count). The third kappa shape index (κ3) is 13.4. The molecule has 3 N–H and O–H groups in total. The molecule has 1 unspecified atom stereocenters. The molecule has 0 aliphatic rings. The Morgan fingerprint density at radius 3 is 1.76 bits per heavy atom. The fraction of sp³-hybridized carbons (Fsp3) is 0.531. The monoisotopic (exact) mass is 522 g/mol. The van der Waals surface area contributed by atoms with Crippen LogP contribution >= 0.6 is 0 Å². The van der Waals surface area contributed by atoms with E-state index in [4.69, 9.17) is 0 Å². The summed E-state index contributed by atoms with van der Waals surface area (Å²) >= 11 is 0. The average molecular weight is 523 g/mol. The van der Waals surface area contributed by atoms with Gasteiger partial charge in [0.05, 0.1) is 0 Å². The van der Waals surface area contributed by atoms with Crippen LogP contribution in [0.5, 0.6) is 0 Å². The molecule has 6 nitrogen and oxygen atoms in total. The van der Waals surface area contributed by atoms with Gasteiger partial charge in [0, 0.05) is 17.8 Å². The second-order valence-corrected chi connectivity index (χ2v) is 10.2. The summed E-state index contributed by atoms with van der Waals surface area (Å²) in [4.78, 5) is 36.7. The van der Waals surface area contributed by atoms with Crippen LogP contribution in [0.15, 0.2) is 54.6 Å². The number of unbranched alkanes of at least 4 members (excludes halogenated alkanes) is 12. The van der Waals surface area contributed by atoms with Gasteiger partial charge in [0.1, 0.15) is 5.92 Å². The zero-order valence-electron chi connectivity index (χ0n) is 23.1. The van der Waals surface area contributed by atoms with Gasteiger partial charge in [0.15, 0.2) is 0 Å². The molecule has 2 aromatic carbocycles. The van der Waals surface area contributed by atoms with Gasteiger partial charge in [-0.3, -0.25) is 14.4 Å². The van der Waals surface area contributed by atoms with E-state index in [2.05, 4.69) is 17.6 Å². The summed E-state index contributed by atoms with van der Waals surface area (Å²) in [5.74, 6) is -3.01. The molecule has 6 heteroatoms. The lowest BCUT2D eigenvalue weighted by atomic mass is 9.98. The number of aliphatic carboxylic acids is 1. The number of carboxylic acids is 1. The van der Waals surface area contributed by atoms with Gasteiger partial charge in [-0.2, -0.15) is 0 Å². The largest absolute Gasteiger partial charge is 0.481 e. The third-order valence-electron chi connectivity index (χ3n) is 6.82. The zero-order chi connectivity index (χ0) is 27.4. The first-order valence-corrected chi connectivity index (χ1v) is 14.5. The third-order valence-corrected chi connectivity index (χ3v) is 6.82. The van der Waals surface area contributed by atoms with Crippen LogP contribution in [-0.4, -0.2) is 22.9 Å². The Bertz CT molecular complexity index is 961. The highest BCUT2D eigenvalue weighted by Crippen LogP contribution is 2.19. The van der Waals surface area contributed by atoms with Crippen LogP contribution < -0.4 is 10.6 Å². The number of anilines is 2. The first-order chi connectivity index (χ1) is 18.5. The lowest BCUT2D eigenvalue weighted by molar-refractivity contribution is -0.145. The number of benzene rings is 2. The minimum absolute atomic E-state index is 0.0518. The van der Waals surface area contributed by atoms with Crippen molar-refractivity contribution in [3.63, 3.8) is 0 Å². The van der Waals surface area contributed by atoms with Gasteiger partial charge in [-0.1, -0.05) is 120 Å². The van der Waals surface area contributed by atoms with Crippen molar-refractivity contribution in [3.05, 3.63) is 60.2 Å². The molecule has 1 atom stereocenters. The molecule has 208 valence electrons. The Hall–Kier alpha value is -3.15. The van der Waals surface area contributed by atoms with Gasteiger partial charge < -0.3 is 15.7 Å². The summed E-state index contributed by atoms with van der Waals surface area (Å²) < 4.78 is 0. The predicted molar refractivity (Wildman–Crippen MR) is 155 cm³/mol.